The largest absolute Gasteiger partial charge is 0.396 e. The lowest BCUT2D eigenvalue weighted by atomic mass is 9.94. The van der Waals surface area contributed by atoms with Gasteiger partial charge in [0.2, 0.25) is 0 Å². The van der Waals surface area contributed by atoms with E-state index in [1.54, 1.807) is 0 Å². The van der Waals surface area contributed by atoms with Crippen LogP contribution < -0.4 is 0 Å². The first kappa shape index (κ1) is 29.9. The van der Waals surface area contributed by atoms with Gasteiger partial charge in [0.1, 0.15) is 0 Å². The molecule has 0 aromatic rings. The Morgan fingerprint density at radius 1 is 0.567 bits per heavy atom. The Morgan fingerprint density at radius 2 is 0.967 bits per heavy atom. The highest BCUT2D eigenvalue weighted by atomic mass is 16.5. The van der Waals surface area contributed by atoms with Crippen molar-refractivity contribution < 1.29 is 9.84 Å². The van der Waals surface area contributed by atoms with E-state index in [1.165, 1.54) is 109 Å². The molecule has 0 amide bonds. The molecule has 0 rings (SSSR count). The normalized spacial score (nSPS) is 13.6. The van der Waals surface area contributed by atoms with Crippen molar-refractivity contribution in [1.82, 2.24) is 0 Å². The van der Waals surface area contributed by atoms with Gasteiger partial charge in [0.25, 0.3) is 0 Å². The monoisotopic (exact) mass is 425 g/mol. The van der Waals surface area contributed by atoms with Crippen LogP contribution in [0.4, 0.5) is 0 Å². The average Bonchev–Trinajstić information content (AvgIpc) is 2.76. The van der Waals surface area contributed by atoms with Crippen molar-refractivity contribution in [3.63, 3.8) is 0 Å². The van der Waals surface area contributed by atoms with E-state index in [2.05, 4.69) is 20.8 Å². The van der Waals surface area contributed by atoms with Crippen molar-refractivity contribution in [2.45, 2.75) is 161 Å². The molecule has 2 nitrogen and oxygen atoms in total. The molecule has 1 N–H and O–H groups in total. The molecule has 30 heavy (non-hydrogen) atoms. The number of hydrogen-bond donors (Lipinski definition) is 1. The maximum atomic E-state index is 8.80. The molecule has 0 aliphatic rings. The molecule has 0 fully saturated rings. The molecule has 0 aliphatic carbocycles. The molecular weight excluding hydrogens is 368 g/mol. The minimum Gasteiger partial charge on any atom is -0.396 e. The van der Waals surface area contributed by atoms with Crippen molar-refractivity contribution in [1.29, 1.82) is 0 Å². The summed E-state index contributed by atoms with van der Waals surface area (Å²) in [6.45, 7) is 10.1. The van der Waals surface area contributed by atoms with Crippen LogP contribution in [-0.2, 0) is 4.74 Å². The topological polar surface area (TPSA) is 29.5 Å². The van der Waals surface area contributed by atoms with Gasteiger partial charge in [-0.3, -0.25) is 0 Å². The van der Waals surface area contributed by atoms with Gasteiger partial charge < -0.3 is 9.84 Å². The van der Waals surface area contributed by atoms with Crippen LogP contribution in [0, 0.1) is 6.92 Å². The molecule has 0 saturated heterocycles. The van der Waals surface area contributed by atoms with Gasteiger partial charge in [0.15, 0.2) is 0 Å². The van der Waals surface area contributed by atoms with Crippen molar-refractivity contribution in [2.24, 2.45) is 0 Å². The fourth-order valence-corrected chi connectivity index (χ4v) is 4.20. The van der Waals surface area contributed by atoms with Gasteiger partial charge >= 0.3 is 0 Å². The molecular formula is C28H57O2. The molecule has 0 aromatic carbocycles. The van der Waals surface area contributed by atoms with Crippen LogP contribution in [-0.4, -0.2) is 23.9 Å². The van der Waals surface area contributed by atoms with Crippen LogP contribution in [0.2, 0.25) is 0 Å². The SMILES string of the molecule is [CH2]C(CC)(CCCCCCCCCCCCCCCC)OCCCCCCCCO. The maximum Gasteiger partial charge on any atom is 0.0681 e. The number of hydrogen-bond acceptors (Lipinski definition) is 2. The third-order valence-corrected chi connectivity index (χ3v) is 6.59. The lowest BCUT2D eigenvalue weighted by Crippen LogP contribution is -2.28. The third kappa shape index (κ3) is 21.2. The summed E-state index contributed by atoms with van der Waals surface area (Å²) in [6, 6.07) is 0. The Hall–Kier alpha value is -0.0800. The van der Waals surface area contributed by atoms with Crippen LogP contribution >= 0.6 is 0 Å². The highest BCUT2D eigenvalue weighted by Crippen LogP contribution is 2.24. The van der Waals surface area contributed by atoms with Crippen LogP contribution in [0.15, 0.2) is 0 Å². The van der Waals surface area contributed by atoms with E-state index in [4.69, 9.17) is 9.84 Å². The van der Waals surface area contributed by atoms with E-state index in [-0.39, 0.29) is 5.60 Å². The number of ether oxygens (including phenoxy) is 1. The summed E-state index contributed by atoms with van der Waals surface area (Å²) in [4.78, 5) is 0. The standard InChI is InChI=1S/C28H57O2/c1-4-6-7-8-9-10-11-12-13-14-15-16-19-22-25-28(3,5-2)30-27-24-21-18-17-20-23-26-29/h29H,3-27H2,1-2H3. The summed E-state index contributed by atoms with van der Waals surface area (Å²) < 4.78 is 6.17. The van der Waals surface area contributed by atoms with Crippen LogP contribution in [0.1, 0.15) is 155 Å². The number of unbranched alkanes of at least 4 members (excludes halogenated alkanes) is 18. The minimum atomic E-state index is -0.159. The Kier molecular flexibility index (Phi) is 23.5. The lowest BCUT2D eigenvalue weighted by molar-refractivity contribution is -0.0230. The van der Waals surface area contributed by atoms with Gasteiger partial charge in [-0.05, 0) is 32.6 Å². The number of rotatable bonds is 25. The third-order valence-electron chi connectivity index (χ3n) is 6.59. The van der Waals surface area contributed by atoms with Crippen molar-refractivity contribution >= 4 is 0 Å². The van der Waals surface area contributed by atoms with Gasteiger partial charge in [-0.15, -0.1) is 0 Å². The zero-order valence-electron chi connectivity index (χ0n) is 21.0. The molecule has 181 valence electrons. The molecule has 1 radical (unpaired) electrons. The van der Waals surface area contributed by atoms with Gasteiger partial charge in [-0.1, -0.05) is 129 Å². The molecule has 2 heteroatoms. The van der Waals surface area contributed by atoms with E-state index in [9.17, 15) is 0 Å². The quantitative estimate of drug-likeness (QED) is 0.148. The smallest absolute Gasteiger partial charge is 0.0681 e. The van der Waals surface area contributed by atoms with Gasteiger partial charge in [0, 0.05) is 13.2 Å². The predicted molar refractivity (Wildman–Crippen MR) is 134 cm³/mol. The first-order chi connectivity index (χ1) is 14.7. The van der Waals surface area contributed by atoms with E-state index >= 15 is 0 Å². The molecule has 0 bridgehead atoms. The van der Waals surface area contributed by atoms with E-state index in [1.807, 2.05) is 0 Å². The first-order valence-corrected chi connectivity index (χ1v) is 13.8. The Bertz CT molecular complexity index is 318. The van der Waals surface area contributed by atoms with E-state index in [0.29, 0.717) is 6.61 Å². The van der Waals surface area contributed by atoms with Crippen LogP contribution in [0.3, 0.4) is 0 Å². The predicted octanol–water partition coefficient (Wildman–Crippen LogP) is 9.19. The summed E-state index contributed by atoms with van der Waals surface area (Å²) >= 11 is 0. The Labute approximate surface area is 191 Å². The second-order valence-corrected chi connectivity index (χ2v) is 9.58. The molecule has 0 saturated carbocycles. The summed E-state index contributed by atoms with van der Waals surface area (Å²) in [7, 11) is 0. The van der Waals surface area contributed by atoms with Gasteiger partial charge in [0.05, 0.1) is 5.60 Å². The fourth-order valence-electron chi connectivity index (χ4n) is 4.20. The summed E-state index contributed by atoms with van der Waals surface area (Å²) in [5.74, 6) is 0. The molecule has 0 heterocycles. The highest BCUT2D eigenvalue weighted by molar-refractivity contribution is 4.82. The van der Waals surface area contributed by atoms with Crippen LogP contribution in [0.5, 0.6) is 0 Å². The zero-order valence-corrected chi connectivity index (χ0v) is 21.0. The second kappa shape index (κ2) is 23.6. The van der Waals surface area contributed by atoms with Gasteiger partial charge in [-0.25, -0.2) is 0 Å². The Morgan fingerprint density at radius 3 is 1.40 bits per heavy atom. The Balaban J connectivity index is 3.42. The van der Waals surface area contributed by atoms with Crippen molar-refractivity contribution in [2.75, 3.05) is 13.2 Å². The summed E-state index contributed by atoms with van der Waals surface area (Å²) in [5, 5.41) is 8.80. The minimum absolute atomic E-state index is 0.159. The van der Waals surface area contributed by atoms with Crippen molar-refractivity contribution in [3.05, 3.63) is 6.92 Å². The molecule has 0 spiro atoms. The molecule has 1 atom stereocenters. The average molecular weight is 426 g/mol. The number of aliphatic hydroxyl groups excluding tert-OH is 1. The fraction of sp³-hybridized carbons (Fsp3) is 0.964. The summed E-state index contributed by atoms with van der Waals surface area (Å²) in [5.41, 5.74) is -0.159. The van der Waals surface area contributed by atoms with Crippen LogP contribution in [0.25, 0.3) is 0 Å². The van der Waals surface area contributed by atoms with Crippen molar-refractivity contribution in [3.8, 4) is 0 Å². The first-order valence-electron chi connectivity index (χ1n) is 13.8. The van der Waals surface area contributed by atoms with E-state index in [0.717, 1.165) is 38.7 Å². The second-order valence-electron chi connectivity index (χ2n) is 9.58. The molecule has 1 unspecified atom stereocenters. The molecule has 0 aromatic heterocycles. The zero-order chi connectivity index (χ0) is 22.2. The lowest BCUT2D eigenvalue weighted by Gasteiger charge is -2.28. The molecule has 0 aliphatic heterocycles. The maximum absolute atomic E-state index is 8.80. The highest BCUT2D eigenvalue weighted by Gasteiger charge is 2.21. The summed E-state index contributed by atoms with van der Waals surface area (Å²) in [6.07, 6.45) is 28.9. The van der Waals surface area contributed by atoms with E-state index < -0.39 is 0 Å². The van der Waals surface area contributed by atoms with Gasteiger partial charge in [-0.2, -0.15) is 0 Å². The number of aliphatic hydroxyl groups is 1.